The van der Waals surface area contributed by atoms with Crippen LogP contribution >= 0.6 is 11.3 Å². The summed E-state index contributed by atoms with van der Waals surface area (Å²) in [5.41, 5.74) is 4.08. The quantitative estimate of drug-likeness (QED) is 0.235. The molecule has 1 amide bonds. The highest BCUT2D eigenvalue weighted by Gasteiger charge is 2.19. The first-order valence-corrected chi connectivity index (χ1v) is 13.8. The monoisotopic (exact) mass is 544 g/mol. The van der Waals surface area contributed by atoms with E-state index in [1.54, 1.807) is 17.5 Å². The number of nitrogens with one attached hydrogen (secondary N) is 1. The molecule has 4 rings (SSSR count). The highest BCUT2D eigenvalue weighted by Crippen LogP contribution is 2.30. The van der Waals surface area contributed by atoms with Gasteiger partial charge in [0.05, 0.1) is 5.52 Å². The van der Waals surface area contributed by atoms with Gasteiger partial charge in [0.1, 0.15) is 5.60 Å². The zero-order valence-corrected chi connectivity index (χ0v) is 24.3. The van der Waals surface area contributed by atoms with Gasteiger partial charge in [-0.15, -0.1) is 11.3 Å². The van der Waals surface area contributed by atoms with Crippen LogP contribution in [0.1, 0.15) is 36.7 Å². The molecule has 0 spiro atoms. The Kier molecular flexibility index (Phi) is 8.67. The number of hydrogen-bond acceptors (Lipinski definition) is 7. The van der Waals surface area contributed by atoms with E-state index in [1.165, 1.54) is 0 Å². The van der Waals surface area contributed by atoms with Gasteiger partial charge >= 0.3 is 6.09 Å². The number of benzene rings is 2. The van der Waals surface area contributed by atoms with Crippen LogP contribution in [0.3, 0.4) is 0 Å². The lowest BCUT2D eigenvalue weighted by Crippen LogP contribution is -2.28. The van der Waals surface area contributed by atoms with Crippen molar-refractivity contribution >= 4 is 45.5 Å². The fourth-order valence-electron chi connectivity index (χ4n) is 4.13. The number of anilines is 2. The maximum absolute atomic E-state index is 13.5. The van der Waals surface area contributed by atoms with Crippen LogP contribution in [-0.4, -0.2) is 61.6 Å². The molecule has 2 aromatic heterocycles. The Balaban J connectivity index is 1.58. The predicted molar refractivity (Wildman–Crippen MR) is 161 cm³/mol. The minimum absolute atomic E-state index is 0.0767. The molecule has 0 aliphatic heterocycles. The molecule has 2 heterocycles. The van der Waals surface area contributed by atoms with E-state index < -0.39 is 11.7 Å². The van der Waals surface area contributed by atoms with E-state index in [0.29, 0.717) is 11.3 Å². The number of ether oxygens (including phenoxy) is 1. The number of thiophene rings is 1. The molecule has 0 unspecified atom stereocenters. The average Bonchev–Trinajstić information content (AvgIpc) is 3.41. The first kappa shape index (κ1) is 28.3. The van der Waals surface area contributed by atoms with Crippen molar-refractivity contribution in [2.24, 2.45) is 0 Å². The van der Waals surface area contributed by atoms with Crippen molar-refractivity contribution in [2.45, 2.75) is 32.8 Å². The maximum Gasteiger partial charge on any atom is 0.412 e. The number of Topliss-reactive ketones (excluding diaryl/α,β-unsaturated/α-hetero) is 1. The van der Waals surface area contributed by atoms with Crippen molar-refractivity contribution in [3.63, 3.8) is 0 Å². The molecule has 0 radical (unpaired) electrons. The summed E-state index contributed by atoms with van der Waals surface area (Å²) < 4.78 is 5.44. The Morgan fingerprint density at radius 2 is 1.79 bits per heavy atom. The van der Waals surface area contributed by atoms with Crippen molar-refractivity contribution in [3.05, 3.63) is 77.3 Å². The fourth-order valence-corrected chi connectivity index (χ4v) is 4.85. The highest BCUT2D eigenvalue weighted by molar-refractivity contribution is 7.13. The largest absolute Gasteiger partial charge is 0.444 e. The summed E-state index contributed by atoms with van der Waals surface area (Å²) in [7, 11) is 6.18. The van der Waals surface area contributed by atoms with Crippen LogP contribution < -0.4 is 10.2 Å². The molecule has 0 bridgehead atoms. The first-order valence-electron chi connectivity index (χ1n) is 12.9. The standard InChI is InChI=1S/C31H36N4O3S/c1-31(2,3)38-30(37)33-26-12-10-22(29-8-7-15-39-29)17-23(26)18-28(36)24-16-21-9-11-25(19-27(21)32-20-24)35(6)14-13-34(4)5/h7-12,15-17,19-20H,13-14,18H2,1-6H3,(H,33,37). The number of aromatic nitrogens is 1. The Hall–Kier alpha value is -3.75. The molecule has 4 aromatic rings. The average molecular weight is 545 g/mol. The number of rotatable bonds is 9. The summed E-state index contributed by atoms with van der Waals surface area (Å²) in [6, 6.07) is 17.8. The van der Waals surface area contributed by atoms with Crippen LogP contribution in [0.25, 0.3) is 21.3 Å². The van der Waals surface area contributed by atoms with Crippen LogP contribution in [0.5, 0.6) is 0 Å². The smallest absolute Gasteiger partial charge is 0.412 e. The van der Waals surface area contributed by atoms with Gasteiger partial charge in [0.15, 0.2) is 5.78 Å². The van der Waals surface area contributed by atoms with Crippen molar-refractivity contribution in [2.75, 3.05) is 44.4 Å². The molecule has 204 valence electrons. The predicted octanol–water partition coefficient (Wildman–Crippen LogP) is 6.73. The van der Waals surface area contributed by atoms with Gasteiger partial charge in [-0.3, -0.25) is 15.1 Å². The number of nitrogens with zero attached hydrogens (tertiary/aromatic N) is 3. The minimum Gasteiger partial charge on any atom is -0.444 e. The lowest BCUT2D eigenvalue weighted by Gasteiger charge is -2.21. The molecular weight excluding hydrogens is 508 g/mol. The maximum atomic E-state index is 13.5. The van der Waals surface area contributed by atoms with E-state index in [-0.39, 0.29) is 12.2 Å². The summed E-state index contributed by atoms with van der Waals surface area (Å²) in [6.45, 7) is 7.30. The second kappa shape index (κ2) is 12.0. The van der Waals surface area contributed by atoms with Gasteiger partial charge in [0.25, 0.3) is 0 Å². The van der Waals surface area contributed by atoms with Crippen LogP contribution in [0.2, 0.25) is 0 Å². The number of pyridine rings is 1. The lowest BCUT2D eigenvalue weighted by molar-refractivity contribution is 0.0635. The third-order valence-corrected chi connectivity index (χ3v) is 7.13. The van der Waals surface area contributed by atoms with Gasteiger partial charge in [0.2, 0.25) is 0 Å². The zero-order chi connectivity index (χ0) is 28.2. The second-order valence-corrected chi connectivity index (χ2v) is 11.8. The van der Waals surface area contributed by atoms with Crippen LogP contribution in [0, 0.1) is 0 Å². The fraction of sp³-hybridized carbons (Fsp3) is 0.323. The third-order valence-electron chi connectivity index (χ3n) is 6.21. The normalized spacial score (nSPS) is 11.6. The Labute approximate surface area is 234 Å². The molecule has 0 aliphatic rings. The lowest BCUT2D eigenvalue weighted by atomic mass is 9.99. The Morgan fingerprint density at radius 3 is 2.49 bits per heavy atom. The van der Waals surface area contributed by atoms with E-state index in [0.717, 1.165) is 45.7 Å². The summed E-state index contributed by atoms with van der Waals surface area (Å²) in [5.74, 6) is -0.0767. The van der Waals surface area contributed by atoms with Crippen LogP contribution in [0.4, 0.5) is 16.2 Å². The third kappa shape index (κ3) is 7.65. The van der Waals surface area contributed by atoms with Gasteiger partial charge in [-0.05, 0) is 87.8 Å². The van der Waals surface area contributed by atoms with Gasteiger partial charge < -0.3 is 14.5 Å². The first-order chi connectivity index (χ1) is 18.5. The van der Waals surface area contributed by atoms with E-state index >= 15 is 0 Å². The molecule has 2 aromatic carbocycles. The van der Waals surface area contributed by atoms with Crippen LogP contribution in [-0.2, 0) is 11.2 Å². The molecular formula is C31H36N4O3S. The van der Waals surface area contributed by atoms with Crippen molar-refractivity contribution in [1.29, 1.82) is 0 Å². The number of hydrogen-bond donors (Lipinski definition) is 1. The number of carbonyl (C=O) groups excluding carboxylic acids is 2. The summed E-state index contributed by atoms with van der Waals surface area (Å²) in [6.07, 6.45) is 1.19. The molecule has 0 saturated carbocycles. The van der Waals surface area contributed by atoms with Gasteiger partial charge in [-0.2, -0.15) is 0 Å². The molecule has 0 fully saturated rings. The Bertz CT molecular complexity index is 1460. The van der Waals surface area contributed by atoms with Gasteiger partial charge in [-0.25, -0.2) is 4.79 Å². The summed E-state index contributed by atoms with van der Waals surface area (Å²) in [4.78, 5) is 36.0. The van der Waals surface area contributed by atoms with Crippen LogP contribution in [0.15, 0.2) is 66.2 Å². The highest BCUT2D eigenvalue weighted by atomic mass is 32.1. The minimum atomic E-state index is -0.630. The topological polar surface area (TPSA) is 74.8 Å². The number of carbonyl (C=O) groups is 2. The molecule has 0 atom stereocenters. The number of ketones is 1. The Morgan fingerprint density at radius 1 is 1.00 bits per heavy atom. The van der Waals surface area contributed by atoms with E-state index in [1.807, 2.05) is 74.7 Å². The molecule has 8 heteroatoms. The zero-order valence-electron chi connectivity index (χ0n) is 23.4. The number of fused-ring (bicyclic) bond motifs is 1. The van der Waals surface area contributed by atoms with Crippen molar-refractivity contribution < 1.29 is 14.3 Å². The molecule has 0 saturated heterocycles. The van der Waals surface area contributed by atoms with E-state index in [4.69, 9.17) is 4.74 Å². The molecule has 0 aliphatic carbocycles. The molecule has 1 N–H and O–H groups in total. The van der Waals surface area contributed by atoms with Crippen molar-refractivity contribution in [1.82, 2.24) is 9.88 Å². The van der Waals surface area contributed by atoms with E-state index in [2.05, 4.69) is 47.3 Å². The summed E-state index contributed by atoms with van der Waals surface area (Å²) >= 11 is 1.62. The number of amides is 1. The second-order valence-electron chi connectivity index (χ2n) is 10.9. The molecule has 7 nitrogen and oxygen atoms in total. The summed E-state index contributed by atoms with van der Waals surface area (Å²) in [5, 5.41) is 5.75. The van der Waals surface area contributed by atoms with Crippen molar-refractivity contribution in [3.8, 4) is 10.4 Å². The van der Waals surface area contributed by atoms with Gasteiger partial charge in [-0.1, -0.05) is 18.2 Å². The molecule has 39 heavy (non-hydrogen) atoms. The SMILES string of the molecule is CN(C)CCN(C)c1ccc2cc(C(=O)Cc3cc(-c4cccs4)ccc3NC(=O)OC(C)(C)C)cnc2c1. The van der Waals surface area contributed by atoms with Gasteiger partial charge in [0, 0.05) is 60.0 Å². The number of likely N-dealkylation sites (N-methyl/N-ethyl adjacent to an activating group) is 2. The van der Waals surface area contributed by atoms with E-state index in [9.17, 15) is 9.59 Å².